The SMILES string of the molecule is Cc1ccc(C(CNC(=O)c2cc([N+](=O)[O-])cc(S(C)(=O)=O)c2)N2CCOCC2)cc1. The molecule has 1 amide bonds. The highest BCUT2D eigenvalue weighted by atomic mass is 32.2. The van der Waals surface area contributed by atoms with E-state index in [9.17, 15) is 23.3 Å². The van der Waals surface area contributed by atoms with E-state index in [0.717, 1.165) is 35.6 Å². The number of nitro groups is 1. The largest absolute Gasteiger partial charge is 0.379 e. The Morgan fingerprint density at radius 2 is 1.84 bits per heavy atom. The van der Waals surface area contributed by atoms with Gasteiger partial charge in [-0.2, -0.15) is 0 Å². The van der Waals surface area contributed by atoms with Gasteiger partial charge in [0.1, 0.15) is 0 Å². The van der Waals surface area contributed by atoms with Crippen LogP contribution in [0.25, 0.3) is 0 Å². The Labute approximate surface area is 181 Å². The molecule has 1 heterocycles. The third-order valence-corrected chi connectivity index (χ3v) is 6.29. The molecule has 0 bridgehead atoms. The van der Waals surface area contributed by atoms with Crippen molar-refractivity contribution in [2.24, 2.45) is 0 Å². The molecule has 2 aromatic rings. The van der Waals surface area contributed by atoms with E-state index in [2.05, 4.69) is 10.2 Å². The van der Waals surface area contributed by atoms with Crippen molar-refractivity contribution in [1.82, 2.24) is 10.2 Å². The fraction of sp³-hybridized carbons (Fsp3) is 0.381. The number of ether oxygens (including phenoxy) is 1. The number of amides is 1. The normalized spacial score (nSPS) is 15.9. The monoisotopic (exact) mass is 447 g/mol. The van der Waals surface area contributed by atoms with Crippen molar-refractivity contribution >= 4 is 21.4 Å². The van der Waals surface area contributed by atoms with Crippen molar-refractivity contribution in [1.29, 1.82) is 0 Å². The summed E-state index contributed by atoms with van der Waals surface area (Å²) in [5.41, 5.74) is 1.64. The van der Waals surface area contributed by atoms with Crippen LogP contribution in [0.15, 0.2) is 47.4 Å². The van der Waals surface area contributed by atoms with Crippen LogP contribution in [0.2, 0.25) is 0 Å². The Morgan fingerprint density at radius 3 is 2.42 bits per heavy atom. The summed E-state index contributed by atoms with van der Waals surface area (Å²) >= 11 is 0. The fourth-order valence-electron chi connectivity index (χ4n) is 3.46. The van der Waals surface area contributed by atoms with Crippen molar-refractivity contribution < 1.29 is 22.9 Å². The zero-order chi connectivity index (χ0) is 22.6. The second-order valence-electron chi connectivity index (χ2n) is 7.53. The number of nitro benzene ring substituents is 1. The van der Waals surface area contributed by atoms with E-state index < -0.39 is 26.4 Å². The summed E-state index contributed by atoms with van der Waals surface area (Å²) in [5, 5.41) is 14.0. The average molecular weight is 448 g/mol. The van der Waals surface area contributed by atoms with Crippen LogP contribution in [0.3, 0.4) is 0 Å². The number of carbonyl (C=O) groups is 1. The van der Waals surface area contributed by atoms with Crippen molar-refractivity contribution in [2.45, 2.75) is 17.9 Å². The number of morpholine rings is 1. The minimum Gasteiger partial charge on any atom is -0.379 e. The Kier molecular flexibility index (Phi) is 7.04. The van der Waals surface area contributed by atoms with Crippen LogP contribution in [0, 0.1) is 17.0 Å². The van der Waals surface area contributed by atoms with Gasteiger partial charge in [0.15, 0.2) is 9.84 Å². The van der Waals surface area contributed by atoms with Gasteiger partial charge in [0.2, 0.25) is 0 Å². The quantitative estimate of drug-likeness (QED) is 0.510. The number of benzene rings is 2. The Hall–Kier alpha value is -2.82. The minimum atomic E-state index is -3.72. The summed E-state index contributed by atoms with van der Waals surface area (Å²) in [6.07, 6.45) is 0.944. The predicted octanol–water partition coefficient (Wildman–Crippen LogP) is 2.11. The lowest BCUT2D eigenvalue weighted by Gasteiger charge is -2.35. The standard InChI is InChI=1S/C21H25N3O6S/c1-15-3-5-16(6-4-15)20(23-7-9-30-10-8-23)14-22-21(25)17-11-18(24(26)27)13-19(12-17)31(2,28)29/h3-6,11-13,20H,7-10,14H2,1-2H3,(H,22,25). The van der Waals surface area contributed by atoms with Crippen LogP contribution in [0.4, 0.5) is 5.69 Å². The molecule has 2 aromatic carbocycles. The van der Waals surface area contributed by atoms with Gasteiger partial charge >= 0.3 is 0 Å². The third-order valence-electron chi connectivity index (χ3n) is 5.20. The number of hydrogen-bond donors (Lipinski definition) is 1. The van der Waals surface area contributed by atoms with Crippen molar-refractivity contribution in [3.63, 3.8) is 0 Å². The predicted molar refractivity (Wildman–Crippen MR) is 115 cm³/mol. The van der Waals surface area contributed by atoms with Gasteiger partial charge in [-0.25, -0.2) is 8.42 Å². The minimum absolute atomic E-state index is 0.0701. The summed E-state index contributed by atoms with van der Waals surface area (Å²) in [5.74, 6) is -0.570. The Balaban J connectivity index is 1.84. The van der Waals surface area contributed by atoms with Crippen LogP contribution >= 0.6 is 0 Å². The summed E-state index contributed by atoms with van der Waals surface area (Å²) in [4.78, 5) is 25.2. The molecule has 1 atom stereocenters. The van der Waals surface area contributed by atoms with Crippen LogP contribution < -0.4 is 5.32 Å². The number of nitrogens with one attached hydrogen (secondary N) is 1. The van der Waals surface area contributed by atoms with Gasteiger partial charge in [-0.1, -0.05) is 29.8 Å². The first-order valence-electron chi connectivity index (χ1n) is 9.81. The number of aryl methyl sites for hydroxylation is 1. The van der Waals surface area contributed by atoms with Crippen LogP contribution in [0.1, 0.15) is 27.5 Å². The molecule has 0 aliphatic carbocycles. The van der Waals surface area contributed by atoms with Crippen LogP contribution in [-0.2, 0) is 14.6 Å². The van der Waals surface area contributed by atoms with E-state index in [1.165, 1.54) is 0 Å². The van der Waals surface area contributed by atoms with E-state index >= 15 is 0 Å². The number of carbonyl (C=O) groups excluding carboxylic acids is 1. The summed E-state index contributed by atoms with van der Waals surface area (Å²) in [6, 6.07) is 11.1. The molecule has 166 valence electrons. The first-order chi connectivity index (χ1) is 14.6. The summed E-state index contributed by atoms with van der Waals surface area (Å²) in [7, 11) is -3.72. The molecule has 1 unspecified atom stereocenters. The molecule has 9 nitrogen and oxygen atoms in total. The lowest BCUT2D eigenvalue weighted by molar-refractivity contribution is -0.385. The third kappa shape index (κ3) is 5.87. The maximum atomic E-state index is 12.8. The topological polar surface area (TPSA) is 119 Å². The Morgan fingerprint density at radius 1 is 1.19 bits per heavy atom. The lowest BCUT2D eigenvalue weighted by Crippen LogP contribution is -2.43. The molecule has 0 saturated carbocycles. The van der Waals surface area contributed by atoms with E-state index in [4.69, 9.17) is 4.74 Å². The average Bonchev–Trinajstić information content (AvgIpc) is 2.74. The van der Waals surface area contributed by atoms with Gasteiger partial charge in [-0.15, -0.1) is 0 Å². The highest BCUT2D eigenvalue weighted by Crippen LogP contribution is 2.23. The fourth-order valence-corrected chi connectivity index (χ4v) is 4.14. The van der Waals surface area contributed by atoms with Gasteiger partial charge < -0.3 is 10.1 Å². The zero-order valence-electron chi connectivity index (χ0n) is 17.4. The lowest BCUT2D eigenvalue weighted by atomic mass is 10.0. The second kappa shape index (κ2) is 9.54. The Bertz CT molecular complexity index is 1060. The van der Waals surface area contributed by atoms with Crippen LogP contribution in [-0.4, -0.2) is 63.3 Å². The highest BCUT2D eigenvalue weighted by Gasteiger charge is 2.24. The molecule has 0 spiro atoms. The molecule has 1 aliphatic rings. The molecule has 1 saturated heterocycles. The zero-order valence-corrected chi connectivity index (χ0v) is 18.2. The first kappa shape index (κ1) is 22.9. The van der Waals surface area contributed by atoms with Crippen molar-refractivity contribution in [3.05, 3.63) is 69.3 Å². The molecule has 31 heavy (non-hydrogen) atoms. The van der Waals surface area contributed by atoms with Gasteiger partial charge in [0, 0.05) is 43.6 Å². The number of rotatable bonds is 7. The molecule has 0 radical (unpaired) electrons. The van der Waals surface area contributed by atoms with Crippen molar-refractivity contribution in [3.8, 4) is 0 Å². The van der Waals surface area contributed by atoms with E-state index in [-0.39, 0.29) is 23.0 Å². The molecular weight excluding hydrogens is 422 g/mol. The molecule has 0 aromatic heterocycles. The molecule has 1 N–H and O–H groups in total. The maximum Gasteiger partial charge on any atom is 0.271 e. The van der Waals surface area contributed by atoms with Gasteiger partial charge in [0.05, 0.1) is 29.1 Å². The van der Waals surface area contributed by atoms with E-state index in [1.54, 1.807) is 0 Å². The highest BCUT2D eigenvalue weighted by molar-refractivity contribution is 7.90. The molecule has 1 aliphatic heterocycles. The molecule has 10 heteroatoms. The summed E-state index contributed by atoms with van der Waals surface area (Å²) < 4.78 is 29.2. The van der Waals surface area contributed by atoms with Gasteiger partial charge in [-0.3, -0.25) is 19.8 Å². The van der Waals surface area contributed by atoms with E-state index in [0.29, 0.717) is 26.3 Å². The number of nitrogens with zero attached hydrogens (tertiary/aromatic N) is 2. The molecule has 1 fully saturated rings. The maximum absolute atomic E-state index is 12.8. The van der Waals surface area contributed by atoms with E-state index in [1.807, 2.05) is 31.2 Å². The molecule has 3 rings (SSSR count). The van der Waals surface area contributed by atoms with Crippen LogP contribution in [0.5, 0.6) is 0 Å². The number of sulfone groups is 1. The summed E-state index contributed by atoms with van der Waals surface area (Å²) in [6.45, 7) is 4.88. The van der Waals surface area contributed by atoms with Gasteiger partial charge in [0.25, 0.3) is 11.6 Å². The molecular formula is C21H25N3O6S. The van der Waals surface area contributed by atoms with Gasteiger partial charge in [-0.05, 0) is 18.6 Å². The van der Waals surface area contributed by atoms with Crippen molar-refractivity contribution in [2.75, 3.05) is 39.1 Å². The number of non-ortho nitro benzene ring substituents is 1. The number of hydrogen-bond acceptors (Lipinski definition) is 7. The second-order valence-corrected chi connectivity index (χ2v) is 9.55. The smallest absolute Gasteiger partial charge is 0.271 e. The first-order valence-corrected chi connectivity index (χ1v) is 11.7.